The summed E-state index contributed by atoms with van der Waals surface area (Å²) in [6, 6.07) is 7.89. The van der Waals surface area contributed by atoms with Crippen molar-refractivity contribution >= 4 is 21.7 Å². The zero-order valence-corrected chi connectivity index (χ0v) is 12.9. The molecule has 0 atom stereocenters. The minimum Gasteiger partial charge on any atom is -0.287 e. The first kappa shape index (κ1) is 14.0. The summed E-state index contributed by atoms with van der Waals surface area (Å²) >= 11 is 3.43. The Kier molecular flexibility index (Phi) is 4.20. The number of carbonyl (C=O) groups is 1. The van der Waals surface area contributed by atoms with Gasteiger partial charge in [-0.3, -0.25) is 9.48 Å². The molecule has 0 saturated carbocycles. The smallest absolute Gasteiger partial charge is 0.212 e. The zero-order valence-electron chi connectivity index (χ0n) is 11.4. The molecule has 3 nitrogen and oxygen atoms in total. The van der Waals surface area contributed by atoms with Crippen molar-refractivity contribution in [2.24, 2.45) is 0 Å². The van der Waals surface area contributed by atoms with Gasteiger partial charge in [-0.05, 0) is 41.8 Å². The zero-order chi connectivity index (χ0) is 14.0. The van der Waals surface area contributed by atoms with E-state index in [0.29, 0.717) is 5.69 Å². The maximum Gasteiger partial charge on any atom is 0.212 e. The van der Waals surface area contributed by atoms with Crippen LogP contribution in [0.2, 0.25) is 0 Å². The van der Waals surface area contributed by atoms with Crippen LogP contribution in [0, 0.1) is 0 Å². The van der Waals surface area contributed by atoms with Crippen LogP contribution in [-0.4, -0.2) is 15.6 Å². The topological polar surface area (TPSA) is 34.9 Å². The van der Waals surface area contributed by atoms with E-state index in [1.54, 1.807) is 10.9 Å². The van der Waals surface area contributed by atoms with Gasteiger partial charge in [0.1, 0.15) is 5.69 Å². The van der Waals surface area contributed by atoms with Gasteiger partial charge in [-0.2, -0.15) is 5.10 Å². The number of hydrogen-bond donors (Lipinski definition) is 0. The molecule has 0 unspecified atom stereocenters. The first-order valence-corrected chi connectivity index (χ1v) is 7.21. The number of aryl methyl sites for hydroxylation is 1. The summed E-state index contributed by atoms with van der Waals surface area (Å²) in [5.74, 6) is 0.0236. The lowest BCUT2D eigenvalue weighted by Crippen LogP contribution is -2.15. The molecular weight excluding hydrogens is 304 g/mol. The predicted octanol–water partition coefficient (Wildman–Crippen LogP) is 4.02. The average molecular weight is 321 g/mol. The molecule has 0 amide bonds. The third kappa shape index (κ3) is 2.63. The monoisotopic (exact) mass is 320 g/mol. The number of rotatable bonds is 4. The molecule has 1 aromatic heterocycles. The van der Waals surface area contributed by atoms with Crippen LogP contribution in [0.5, 0.6) is 0 Å². The third-order valence-electron chi connectivity index (χ3n) is 3.10. The Hall–Kier alpha value is -1.42. The SMILES string of the molecule is CCc1ccccc1C(=O)c1c(Br)cnn1C(C)C. The van der Waals surface area contributed by atoms with Crippen molar-refractivity contribution in [3.8, 4) is 0 Å². The van der Waals surface area contributed by atoms with Crippen LogP contribution in [0.15, 0.2) is 34.9 Å². The van der Waals surface area contributed by atoms with E-state index in [9.17, 15) is 4.79 Å². The van der Waals surface area contributed by atoms with Gasteiger partial charge >= 0.3 is 0 Å². The summed E-state index contributed by atoms with van der Waals surface area (Å²) in [4.78, 5) is 12.7. The van der Waals surface area contributed by atoms with Crippen molar-refractivity contribution < 1.29 is 4.79 Å². The molecule has 0 spiro atoms. The lowest BCUT2D eigenvalue weighted by molar-refractivity contribution is 0.102. The molecular formula is C15H17BrN2O. The Morgan fingerprint density at radius 3 is 2.68 bits per heavy atom. The van der Waals surface area contributed by atoms with Gasteiger partial charge in [-0.25, -0.2) is 0 Å². The van der Waals surface area contributed by atoms with Crippen molar-refractivity contribution in [2.75, 3.05) is 0 Å². The largest absolute Gasteiger partial charge is 0.287 e. The second kappa shape index (κ2) is 5.70. The van der Waals surface area contributed by atoms with Crippen LogP contribution in [0.3, 0.4) is 0 Å². The lowest BCUT2D eigenvalue weighted by Gasteiger charge is -2.12. The van der Waals surface area contributed by atoms with Crippen molar-refractivity contribution in [2.45, 2.75) is 33.2 Å². The van der Waals surface area contributed by atoms with Gasteiger partial charge in [-0.15, -0.1) is 0 Å². The molecule has 0 aliphatic rings. The summed E-state index contributed by atoms with van der Waals surface area (Å²) in [7, 11) is 0. The molecule has 0 bridgehead atoms. The number of aromatic nitrogens is 2. The molecule has 4 heteroatoms. The summed E-state index contributed by atoms with van der Waals surface area (Å²) in [6.45, 7) is 6.09. The average Bonchev–Trinajstić information content (AvgIpc) is 2.80. The predicted molar refractivity (Wildman–Crippen MR) is 79.6 cm³/mol. The minimum atomic E-state index is 0.0236. The number of nitrogens with zero attached hydrogens (tertiary/aromatic N) is 2. The molecule has 2 rings (SSSR count). The molecule has 0 saturated heterocycles. The first-order valence-electron chi connectivity index (χ1n) is 6.41. The highest BCUT2D eigenvalue weighted by atomic mass is 79.9. The molecule has 1 heterocycles. The van der Waals surface area contributed by atoms with Crippen molar-refractivity contribution in [3.05, 3.63) is 51.8 Å². The second-order valence-electron chi connectivity index (χ2n) is 4.72. The summed E-state index contributed by atoms with van der Waals surface area (Å²) in [5, 5.41) is 4.27. The van der Waals surface area contributed by atoms with Crippen LogP contribution in [-0.2, 0) is 6.42 Å². The lowest BCUT2D eigenvalue weighted by atomic mass is 10.00. The summed E-state index contributed by atoms with van der Waals surface area (Å²) < 4.78 is 2.51. The number of benzene rings is 1. The highest BCUT2D eigenvalue weighted by Gasteiger charge is 2.21. The Balaban J connectivity index is 2.53. The fourth-order valence-corrected chi connectivity index (χ4v) is 2.58. The van der Waals surface area contributed by atoms with Crippen LogP contribution < -0.4 is 0 Å². The van der Waals surface area contributed by atoms with Crippen LogP contribution in [0.1, 0.15) is 48.4 Å². The molecule has 0 radical (unpaired) electrons. The van der Waals surface area contributed by atoms with E-state index >= 15 is 0 Å². The molecule has 0 aliphatic carbocycles. The van der Waals surface area contributed by atoms with E-state index in [1.165, 1.54) is 0 Å². The van der Waals surface area contributed by atoms with Gasteiger partial charge in [0, 0.05) is 11.6 Å². The van der Waals surface area contributed by atoms with E-state index < -0.39 is 0 Å². The molecule has 0 fully saturated rings. The Morgan fingerprint density at radius 2 is 2.05 bits per heavy atom. The first-order chi connectivity index (χ1) is 9.06. The minimum absolute atomic E-state index is 0.0236. The standard InChI is InChI=1S/C15H17BrN2O/c1-4-11-7-5-6-8-12(11)15(19)14-13(16)9-17-18(14)10(2)3/h5-10H,4H2,1-3H3. The van der Waals surface area contributed by atoms with Gasteiger partial charge < -0.3 is 0 Å². The van der Waals surface area contributed by atoms with Gasteiger partial charge in [0.05, 0.1) is 10.7 Å². The van der Waals surface area contributed by atoms with Crippen molar-refractivity contribution in [3.63, 3.8) is 0 Å². The Bertz CT molecular complexity index is 602. The molecule has 0 N–H and O–H groups in total. The van der Waals surface area contributed by atoms with E-state index in [0.717, 1.165) is 22.0 Å². The van der Waals surface area contributed by atoms with Gasteiger partial charge in [0.25, 0.3) is 0 Å². The molecule has 1 aromatic carbocycles. The van der Waals surface area contributed by atoms with Crippen LogP contribution in [0.25, 0.3) is 0 Å². The van der Waals surface area contributed by atoms with E-state index in [4.69, 9.17) is 0 Å². The van der Waals surface area contributed by atoms with Gasteiger partial charge in [0.2, 0.25) is 5.78 Å². The van der Waals surface area contributed by atoms with Crippen molar-refractivity contribution in [1.82, 2.24) is 9.78 Å². The quantitative estimate of drug-likeness (QED) is 0.797. The molecule has 0 aliphatic heterocycles. The van der Waals surface area contributed by atoms with Crippen molar-refractivity contribution in [1.29, 1.82) is 0 Å². The number of hydrogen-bond acceptors (Lipinski definition) is 2. The fourth-order valence-electron chi connectivity index (χ4n) is 2.12. The summed E-state index contributed by atoms with van der Waals surface area (Å²) in [5.41, 5.74) is 2.44. The Labute approximate surface area is 121 Å². The number of halogens is 1. The third-order valence-corrected chi connectivity index (χ3v) is 3.68. The highest BCUT2D eigenvalue weighted by molar-refractivity contribution is 9.10. The number of carbonyl (C=O) groups excluding carboxylic acids is 1. The fraction of sp³-hybridized carbons (Fsp3) is 0.333. The number of ketones is 1. The summed E-state index contributed by atoms with van der Waals surface area (Å²) in [6.07, 6.45) is 2.52. The second-order valence-corrected chi connectivity index (χ2v) is 5.57. The molecule has 19 heavy (non-hydrogen) atoms. The van der Waals surface area contributed by atoms with E-state index in [-0.39, 0.29) is 11.8 Å². The normalized spacial score (nSPS) is 11.0. The maximum absolute atomic E-state index is 12.7. The maximum atomic E-state index is 12.7. The van der Waals surface area contributed by atoms with Crippen LogP contribution in [0.4, 0.5) is 0 Å². The van der Waals surface area contributed by atoms with E-state index in [1.807, 2.05) is 38.1 Å². The van der Waals surface area contributed by atoms with Gasteiger partial charge in [-0.1, -0.05) is 31.2 Å². The van der Waals surface area contributed by atoms with E-state index in [2.05, 4.69) is 28.0 Å². The highest BCUT2D eigenvalue weighted by Crippen LogP contribution is 2.24. The van der Waals surface area contributed by atoms with Gasteiger partial charge in [0.15, 0.2) is 0 Å². The molecule has 100 valence electrons. The Morgan fingerprint density at radius 1 is 1.37 bits per heavy atom. The molecule has 2 aromatic rings. The van der Waals surface area contributed by atoms with Crippen LogP contribution >= 0.6 is 15.9 Å².